The van der Waals surface area contributed by atoms with Crippen molar-refractivity contribution in [2.75, 3.05) is 13.2 Å². The van der Waals surface area contributed by atoms with E-state index in [1.807, 2.05) is 30.3 Å². The van der Waals surface area contributed by atoms with E-state index in [0.29, 0.717) is 0 Å². The number of benzene rings is 1. The Labute approximate surface area is 115 Å². The van der Waals surface area contributed by atoms with E-state index in [4.69, 9.17) is 9.47 Å². The summed E-state index contributed by atoms with van der Waals surface area (Å²) in [5.41, 5.74) is 0.858. The second-order valence-electron chi connectivity index (χ2n) is 5.06. The van der Waals surface area contributed by atoms with Gasteiger partial charge in [0, 0.05) is 0 Å². The second kappa shape index (κ2) is 5.38. The maximum absolute atomic E-state index is 13.7. The molecule has 1 aromatic rings. The molecule has 20 heavy (non-hydrogen) atoms. The molecule has 1 N–H and O–H groups in total. The summed E-state index contributed by atoms with van der Waals surface area (Å²) in [6, 6.07) is 8.60. The highest BCUT2D eigenvalue weighted by Gasteiger charge is 2.53. The third-order valence-electron chi connectivity index (χ3n) is 3.72. The van der Waals surface area contributed by atoms with Gasteiger partial charge in [0.15, 0.2) is 0 Å². The van der Waals surface area contributed by atoms with Gasteiger partial charge in [-0.05, 0) is 5.56 Å². The van der Waals surface area contributed by atoms with Crippen LogP contribution in [0.1, 0.15) is 5.56 Å². The average molecular weight is 281 g/mol. The van der Waals surface area contributed by atoms with Gasteiger partial charge in [-0.15, -0.1) is 0 Å². The molecular weight excluding hydrogens is 265 g/mol. The zero-order chi connectivity index (χ0) is 14.1. The number of aliphatic hydroxyl groups is 1. The summed E-state index contributed by atoms with van der Waals surface area (Å²) in [6.07, 6.45) is -3.49. The summed E-state index contributed by atoms with van der Waals surface area (Å²) in [6.45, 7) is 0.0830. The van der Waals surface area contributed by atoms with E-state index in [2.05, 4.69) is 0 Å². The molecule has 0 saturated carbocycles. The Kier molecular flexibility index (Phi) is 3.58. The zero-order valence-electron chi connectivity index (χ0n) is 10.8. The van der Waals surface area contributed by atoms with E-state index < -0.39 is 30.5 Å². The molecule has 2 aliphatic heterocycles. The molecule has 4 atom stereocenters. The zero-order valence-corrected chi connectivity index (χ0v) is 10.8. The highest BCUT2D eigenvalue weighted by atomic mass is 19.1. The van der Waals surface area contributed by atoms with Crippen molar-refractivity contribution in [1.29, 1.82) is 0 Å². The van der Waals surface area contributed by atoms with Crippen molar-refractivity contribution >= 4 is 6.09 Å². The SMILES string of the molecule is O=C(OCc1ccccc1)N1C[C@H](F)C2OC[C@H](O)[C@H]21. The van der Waals surface area contributed by atoms with E-state index in [1.54, 1.807) is 0 Å². The minimum absolute atomic E-state index is 0.0538. The van der Waals surface area contributed by atoms with Crippen molar-refractivity contribution < 1.29 is 23.8 Å². The smallest absolute Gasteiger partial charge is 0.410 e. The van der Waals surface area contributed by atoms with Gasteiger partial charge in [-0.1, -0.05) is 30.3 Å². The topological polar surface area (TPSA) is 59.0 Å². The molecule has 0 bridgehead atoms. The fourth-order valence-corrected chi connectivity index (χ4v) is 2.74. The lowest BCUT2D eigenvalue weighted by Crippen LogP contribution is -2.44. The molecule has 2 aliphatic rings. The summed E-state index contributed by atoms with van der Waals surface area (Å²) < 4.78 is 24.1. The summed E-state index contributed by atoms with van der Waals surface area (Å²) >= 11 is 0. The van der Waals surface area contributed by atoms with E-state index in [0.717, 1.165) is 5.56 Å². The second-order valence-corrected chi connectivity index (χ2v) is 5.06. The molecule has 0 aromatic heterocycles. The van der Waals surface area contributed by atoms with Gasteiger partial charge < -0.3 is 14.6 Å². The molecule has 5 nitrogen and oxygen atoms in total. The molecule has 2 saturated heterocycles. The van der Waals surface area contributed by atoms with Crippen LogP contribution in [0, 0.1) is 0 Å². The Bertz CT molecular complexity index is 483. The third-order valence-corrected chi connectivity index (χ3v) is 3.72. The highest BCUT2D eigenvalue weighted by Crippen LogP contribution is 2.32. The molecule has 2 fully saturated rings. The average Bonchev–Trinajstić information content (AvgIpc) is 3.00. The van der Waals surface area contributed by atoms with Crippen molar-refractivity contribution in [1.82, 2.24) is 4.90 Å². The van der Waals surface area contributed by atoms with E-state index >= 15 is 0 Å². The molecule has 0 radical (unpaired) electrons. The van der Waals surface area contributed by atoms with E-state index in [9.17, 15) is 14.3 Å². The number of nitrogens with zero attached hydrogens (tertiary/aromatic N) is 1. The quantitative estimate of drug-likeness (QED) is 0.882. The Morgan fingerprint density at radius 1 is 1.45 bits per heavy atom. The van der Waals surface area contributed by atoms with Gasteiger partial charge in [-0.25, -0.2) is 9.18 Å². The first kappa shape index (κ1) is 13.3. The number of halogens is 1. The number of fused-ring (bicyclic) bond motifs is 1. The molecule has 3 rings (SSSR count). The van der Waals surface area contributed by atoms with Crippen molar-refractivity contribution in [3.63, 3.8) is 0 Å². The van der Waals surface area contributed by atoms with Gasteiger partial charge in [0.2, 0.25) is 0 Å². The summed E-state index contributed by atoms with van der Waals surface area (Å²) in [5.74, 6) is 0. The predicted molar refractivity (Wildman–Crippen MR) is 67.8 cm³/mol. The number of likely N-dealkylation sites (tertiary alicyclic amines) is 1. The first-order chi connectivity index (χ1) is 9.66. The van der Waals surface area contributed by atoms with Crippen molar-refractivity contribution in [2.24, 2.45) is 0 Å². The summed E-state index contributed by atoms with van der Waals surface area (Å²) in [4.78, 5) is 13.3. The number of rotatable bonds is 2. The molecule has 108 valence electrons. The van der Waals surface area contributed by atoms with Gasteiger partial charge in [-0.3, -0.25) is 4.90 Å². The molecule has 6 heteroatoms. The number of hydrogen-bond donors (Lipinski definition) is 1. The van der Waals surface area contributed by atoms with Crippen LogP contribution in [0.2, 0.25) is 0 Å². The van der Waals surface area contributed by atoms with Crippen LogP contribution in [0.15, 0.2) is 30.3 Å². The maximum atomic E-state index is 13.7. The van der Waals surface area contributed by atoms with Crippen LogP contribution in [0.5, 0.6) is 0 Å². The van der Waals surface area contributed by atoms with E-state index in [-0.39, 0.29) is 19.8 Å². The van der Waals surface area contributed by atoms with Crippen LogP contribution in [-0.4, -0.2) is 53.7 Å². The minimum atomic E-state index is -1.28. The molecule has 1 aromatic carbocycles. The molecular formula is C14H16FNO4. The number of amides is 1. The lowest BCUT2D eigenvalue weighted by Gasteiger charge is -2.24. The fourth-order valence-electron chi connectivity index (χ4n) is 2.74. The molecule has 2 heterocycles. The van der Waals surface area contributed by atoms with Crippen LogP contribution < -0.4 is 0 Å². The monoisotopic (exact) mass is 281 g/mol. The van der Waals surface area contributed by atoms with Crippen molar-refractivity contribution in [2.45, 2.75) is 31.0 Å². The fraction of sp³-hybridized carbons (Fsp3) is 0.500. The first-order valence-electron chi connectivity index (χ1n) is 6.58. The largest absolute Gasteiger partial charge is 0.445 e. The van der Waals surface area contributed by atoms with Crippen LogP contribution in [0.25, 0.3) is 0 Å². The van der Waals surface area contributed by atoms with Crippen molar-refractivity contribution in [3.8, 4) is 0 Å². The van der Waals surface area contributed by atoms with Crippen molar-refractivity contribution in [3.05, 3.63) is 35.9 Å². The van der Waals surface area contributed by atoms with E-state index in [1.165, 1.54) is 4.90 Å². The Morgan fingerprint density at radius 2 is 2.20 bits per heavy atom. The number of hydrogen-bond acceptors (Lipinski definition) is 4. The predicted octanol–water partition coefficient (Wildman–Crippen LogP) is 1.11. The van der Waals surface area contributed by atoms with Gasteiger partial charge in [0.25, 0.3) is 0 Å². The normalized spacial score (nSPS) is 32.2. The number of carbonyl (C=O) groups excluding carboxylic acids is 1. The highest BCUT2D eigenvalue weighted by molar-refractivity contribution is 5.69. The lowest BCUT2D eigenvalue weighted by molar-refractivity contribution is 0.0461. The van der Waals surface area contributed by atoms with Gasteiger partial charge in [0.1, 0.15) is 25.0 Å². The first-order valence-corrected chi connectivity index (χ1v) is 6.58. The third kappa shape index (κ3) is 2.36. The Hall–Kier alpha value is -1.66. The molecule has 0 aliphatic carbocycles. The van der Waals surface area contributed by atoms with Gasteiger partial charge in [-0.2, -0.15) is 0 Å². The maximum Gasteiger partial charge on any atom is 0.410 e. The number of aliphatic hydroxyl groups excluding tert-OH is 1. The molecule has 1 unspecified atom stereocenters. The summed E-state index contributed by atoms with van der Waals surface area (Å²) in [7, 11) is 0. The number of ether oxygens (including phenoxy) is 2. The van der Waals surface area contributed by atoms with Crippen LogP contribution in [0.4, 0.5) is 9.18 Å². The van der Waals surface area contributed by atoms with Crippen LogP contribution in [0.3, 0.4) is 0 Å². The standard InChI is InChI=1S/C14H16FNO4/c15-10-6-16(12-11(17)8-19-13(10)12)14(18)20-7-9-4-2-1-3-5-9/h1-5,10-13,17H,6-8H2/t10-,11-,12+,13?/m0/s1. The molecule has 0 spiro atoms. The molecule has 1 amide bonds. The summed E-state index contributed by atoms with van der Waals surface area (Å²) in [5, 5.41) is 9.78. The van der Waals surface area contributed by atoms with Gasteiger partial charge >= 0.3 is 6.09 Å². The number of alkyl halides is 1. The minimum Gasteiger partial charge on any atom is -0.445 e. The Balaban J connectivity index is 1.62. The lowest BCUT2D eigenvalue weighted by atomic mass is 10.1. The van der Waals surface area contributed by atoms with Crippen LogP contribution >= 0.6 is 0 Å². The van der Waals surface area contributed by atoms with Gasteiger partial charge in [0.05, 0.1) is 19.2 Å². The Morgan fingerprint density at radius 3 is 2.95 bits per heavy atom. The van der Waals surface area contributed by atoms with Crippen LogP contribution in [-0.2, 0) is 16.1 Å². The number of carbonyl (C=O) groups is 1.